The summed E-state index contributed by atoms with van der Waals surface area (Å²) in [4.78, 5) is 24.5. The lowest BCUT2D eigenvalue weighted by molar-refractivity contribution is 0.101. The second-order valence-electron chi connectivity index (χ2n) is 10.6. The molecule has 0 amide bonds. The Kier molecular flexibility index (Phi) is 6.87. The summed E-state index contributed by atoms with van der Waals surface area (Å²) in [6.07, 6.45) is 1.52. The van der Waals surface area contributed by atoms with E-state index < -0.39 is 0 Å². The number of nitrogens with two attached hydrogens (primary N) is 1. The molecule has 3 nitrogen and oxygen atoms in total. The first kappa shape index (κ1) is 27.0. The van der Waals surface area contributed by atoms with Gasteiger partial charge in [-0.2, -0.15) is 0 Å². The largest absolute Gasteiger partial charge is 0.399 e. The lowest BCUT2D eigenvalue weighted by Gasteiger charge is -2.19. The summed E-state index contributed by atoms with van der Waals surface area (Å²) >= 11 is 0. The van der Waals surface area contributed by atoms with E-state index in [1.165, 1.54) is 36.4 Å². The van der Waals surface area contributed by atoms with Crippen molar-refractivity contribution in [2.75, 3.05) is 5.73 Å². The first-order valence-electron chi connectivity index (χ1n) is 13.6. The van der Waals surface area contributed by atoms with Gasteiger partial charge in [0.25, 0.3) is 0 Å². The normalized spacial score (nSPS) is 11.2. The lowest BCUT2D eigenvalue weighted by atomic mass is 9.83. The number of halogens is 2. The van der Waals surface area contributed by atoms with Crippen LogP contribution in [0.4, 0.5) is 14.5 Å². The van der Waals surface area contributed by atoms with Gasteiger partial charge in [0, 0.05) is 16.8 Å². The summed E-state index contributed by atoms with van der Waals surface area (Å²) < 4.78 is 25.5. The number of nitrogen functional groups attached to an aromatic ring is 1. The van der Waals surface area contributed by atoms with Crippen molar-refractivity contribution < 1.29 is 18.4 Å². The summed E-state index contributed by atoms with van der Waals surface area (Å²) in [6.45, 7) is 3.63. The number of anilines is 1. The van der Waals surface area contributed by atoms with E-state index in [0.29, 0.717) is 23.2 Å². The van der Waals surface area contributed by atoms with Gasteiger partial charge in [0.1, 0.15) is 11.6 Å². The third kappa shape index (κ3) is 4.63. The molecule has 0 aliphatic heterocycles. The third-order valence-corrected chi connectivity index (χ3v) is 7.91. The van der Waals surface area contributed by atoms with E-state index in [-0.39, 0.29) is 17.4 Å². The summed E-state index contributed by atoms with van der Waals surface area (Å²) in [5.41, 5.74) is 10.3. The van der Waals surface area contributed by atoms with Crippen molar-refractivity contribution in [1.82, 2.24) is 0 Å². The number of rotatable bonds is 4. The Morgan fingerprint density at radius 1 is 0.667 bits per heavy atom. The fraction of sp³-hybridized carbons (Fsp3) is 0.0811. The molecular weight excluding hydrogens is 528 g/mol. The highest BCUT2D eigenvalue weighted by molar-refractivity contribution is 6.36. The predicted octanol–water partition coefficient (Wildman–Crippen LogP) is 9.20. The van der Waals surface area contributed by atoms with Crippen molar-refractivity contribution >= 4 is 60.8 Å². The molecule has 0 saturated carbocycles. The molecule has 7 aromatic carbocycles. The van der Waals surface area contributed by atoms with Crippen LogP contribution in [0.1, 0.15) is 44.3 Å². The average Bonchev–Trinajstić information content (AvgIpc) is 2.99. The Balaban J connectivity index is 0.000000343. The standard InChI is InChI=1S/C31H21FO2.C6H6FN/c1-17-3-10-24-27-14-13-23(18(2)34)29-20(15-19-4-8-22(32)9-5-19)6-11-26(31(27)29)25-12-7-21(16-33)28(17)30(24)25;7-5-1-3-6(8)4-2-5/h3-14,16H,15H2,1-2H3;1-4H,8H2. The van der Waals surface area contributed by atoms with E-state index in [1.807, 2.05) is 31.2 Å². The fourth-order valence-electron chi connectivity index (χ4n) is 5.99. The molecule has 5 heteroatoms. The van der Waals surface area contributed by atoms with Gasteiger partial charge in [0.2, 0.25) is 0 Å². The number of aldehydes is 1. The monoisotopic (exact) mass is 555 g/mol. The molecule has 42 heavy (non-hydrogen) atoms. The molecule has 0 heterocycles. The van der Waals surface area contributed by atoms with E-state index in [4.69, 9.17) is 5.73 Å². The molecule has 7 rings (SSSR count). The third-order valence-electron chi connectivity index (χ3n) is 7.91. The van der Waals surface area contributed by atoms with Gasteiger partial charge in [-0.25, -0.2) is 8.78 Å². The minimum absolute atomic E-state index is 0.0141. The van der Waals surface area contributed by atoms with Crippen molar-refractivity contribution in [2.45, 2.75) is 20.3 Å². The number of fused-ring (bicyclic) bond motifs is 2. The van der Waals surface area contributed by atoms with Crippen LogP contribution >= 0.6 is 0 Å². The van der Waals surface area contributed by atoms with E-state index in [2.05, 4.69) is 24.3 Å². The van der Waals surface area contributed by atoms with Gasteiger partial charge in [0.15, 0.2) is 12.1 Å². The Morgan fingerprint density at radius 2 is 1.19 bits per heavy atom. The summed E-state index contributed by atoms with van der Waals surface area (Å²) in [7, 11) is 0. The second kappa shape index (κ2) is 10.7. The Hall–Kier alpha value is -5.16. The maximum atomic E-state index is 13.5. The Morgan fingerprint density at radius 3 is 1.76 bits per heavy atom. The predicted molar refractivity (Wildman–Crippen MR) is 168 cm³/mol. The van der Waals surface area contributed by atoms with Crippen molar-refractivity contribution in [3.8, 4) is 0 Å². The number of carbonyl (C=O) groups is 2. The van der Waals surface area contributed by atoms with E-state index in [1.54, 1.807) is 19.1 Å². The van der Waals surface area contributed by atoms with Gasteiger partial charge in [-0.3, -0.25) is 9.59 Å². The number of benzene rings is 7. The maximum Gasteiger partial charge on any atom is 0.160 e. The number of aryl methyl sites for hydroxylation is 1. The quantitative estimate of drug-likeness (QED) is 0.0774. The molecule has 7 aromatic rings. The molecule has 206 valence electrons. The smallest absolute Gasteiger partial charge is 0.160 e. The van der Waals surface area contributed by atoms with E-state index in [0.717, 1.165) is 66.1 Å². The van der Waals surface area contributed by atoms with Crippen LogP contribution in [0.3, 0.4) is 0 Å². The summed E-state index contributed by atoms with van der Waals surface area (Å²) in [6, 6.07) is 28.5. The first-order chi connectivity index (χ1) is 20.3. The zero-order chi connectivity index (χ0) is 29.5. The van der Waals surface area contributed by atoms with Crippen LogP contribution in [-0.4, -0.2) is 12.1 Å². The molecule has 0 bridgehead atoms. The number of Topliss-reactive ketones (excluding diaryl/α,β-unsaturated/α-hetero) is 1. The average molecular weight is 556 g/mol. The number of carbonyl (C=O) groups excluding carboxylic acids is 2. The number of ketones is 1. The van der Waals surface area contributed by atoms with E-state index in [9.17, 15) is 18.4 Å². The summed E-state index contributed by atoms with van der Waals surface area (Å²) in [5.74, 6) is -0.501. The molecule has 0 spiro atoms. The van der Waals surface area contributed by atoms with Crippen molar-refractivity contribution in [3.05, 3.63) is 137 Å². The van der Waals surface area contributed by atoms with Crippen LogP contribution in [-0.2, 0) is 6.42 Å². The summed E-state index contributed by atoms with van der Waals surface area (Å²) in [5, 5.41) is 8.36. The molecule has 0 fully saturated rings. The van der Waals surface area contributed by atoms with Crippen LogP contribution in [0.5, 0.6) is 0 Å². The Bertz CT molecular complexity index is 2090. The van der Waals surface area contributed by atoms with Gasteiger partial charge in [-0.05, 0) is 116 Å². The lowest BCUT2D eigenvalue weighted by Crippen LogP contribution is -2.01. The highest BCUT2D eigenvalue weighted by atomic mass is 19.1. The van der Waals surface area contributed by atoms with Gasteiger partial charge >= 0.3 is 0 Å². The second-order valence-corrected chi connectivity index (χ2v) is 10.6. The van der Waals surface area contributed by atoms with Crippen LogP contribution < -0.4 is 5.73 Å². The maximum absolute atomic E-state index is 13.5. The van der Waals surface area contributed by atoms with Gasteiger partial charge in [-0.15, -0.1) is 0 Å². The van der Waals surface area contributed by atoms with Crippen molar-refractivity contribution in [3.63, 3.8) is 0 Å². The molecule has 0 unspecified atom stereocenters. The zero-order valence-electron chi connectivity index (χ0n) is 23.2. The number of hydrogen-bond acceptors (Lipinski definition) is 3. The van der Waals surface area contributed by atoms with E-state index >= 15 is 0 Å². The zero-order valence-corrected chi connectivity index (χ0v) is 23.2. The molecule has 0 aliphatic rings. The van der Waals surface area contributed by atoms with Crippen LogP contribution in [0.15, 0.2) is 97.1 Å². The minimum Gasteiger partial charge on any atom is -0.399 e. The van der Waals surface area contributed by atoms with Crippen molar-refractivity contribution in [1.29, 1.82) is 0 Å². The SMILES string of the molecule is CC(=O)c1ccc2c3ccc(C)c4c(C=O)ccc(c5ccc(Cc6ccc(F)cc6)c1c52)c43.Nc1ccc(F)cc1. The molecule has 2 N–H and O–H groups in total. The van der Waals surface area contributed by atoms with Crippen LogP contribution in [0.2, 0.25) is 0 Å². The molecule has 0 radical (unpaired) electrons. The van der Waals surface area contributed by atoms with Gasteiger partial charge in [0.05, 0.1) is 0 Å². The first-order valence-corrected chi connectivity index (χ1v) is 13.6. The molecule has 0 saturated heterocycles. The van der Waals surface area contributed by atoms with Gasteiger partial charge < -0.3 is 5.73 Å². The number of hydrogen-bond donors (Lipinski definition) is 1. The molecule has 0 aromatic heterocycles. The minimum atomic E-state index is -0.264. The highest BCUT2D eigenvalue weighted by Crippen LogP contribution is 2.44. The van der Waals surface area contributed by atoms with Crippen LogP contribution in [0, 0.1) is 18.6 Å². The molecule has 0 aliphatic carbocycles. The molecular formula is C37H27F2NO2. The van der Waals surface area contributed by atoms with Gasteiger partial charge in [-0.1, -0.05) is 60.7 Å². The molecule has 0 atom stereocenters. The Labute approximate surface area is 241 Å². The fourth-order valence-corrected chi connectivity index (χ4v) is 5.99. The van der Waals surface area contributed by atoms with Crippen molar-refractivity contribution in [2.24, 2.45) is 0 Å². The van der Waals surface area contributed by atoms with Crippen LogP contribution in [0.25, 0.3) is 43.1 Å². The highest BCUT2D eigenvalue weighted by Gasteiger charge is 2.20. The topological polar surface area (TPSA) is 60.2 Å².